The molecule has 0 saturated heterocycles. The number of hydrogen-bond acceptors (Lipinski definition) is 5. The third-order valence-corrected chi connectivity index (χ3v) is 3.71. The van der Waals surface area contributed by atoms with Crippen LogP contribution in [0.25, 0.3) is 0 Å². The Kier molecular flexibility index (Phi) is 3.08. The van der Waals surface area contributed by atoms with Crippen molar-refractivity contribution < 1.29 is 21.5 Å². The van der Waals surface area contributed by atoms with Crippen molar-refractivity contribution >= 4 is 10.1 Å². The van der Waals surface area contributed by atoms with Crippen molar-refractivity contribution in [1.29, 1.82) is 0 Å². The van der Waals surface area contributed by atoms with Crippen molar-refractivity contribution in [2.45, 2.75) is 18.7 Å². The van der Waals surface area contributed by atoms with E-state index in [1.54, 1.807) is 0 Å². The van der Waals surface area contributed by atoms with Crippen LogP contribution in [0.4, 0.5) is 4.39 Å². The fourth-order valence-corrected chi connectivity index (χ4v) is 2.75. The molecular formula is C11H10FNO4S. The van der Waals surface area contributed by atoms with Crippen LogP contribution in [-0.2, 0) is 10.1 Å². The normalized spacial score (nSPS) is 11.5. The van der Waals surface area contributed by atoms with Gasteiger partial charge in [-0.3, -0.25) is 0 Å². The molecule has 0 amide bonds. The molecule has 2 rings (SSSR count). The summed E-state index contributed by atoms with van der Waals surface area (Å²) in [5, 5.41) is 3.53. The van der Waals surface area contributed by atoms with E-state index in [9.17, 15) is 12.8 Å². The molecule has 18 heavy (non-hydrogen) atoms. The average Bonchev–Trinajstić information content (AvgIpc) is 2.58. The van der Waals surface area contributed by atoms with Crippen LogP contribution in [0.2, 0.25) is 0 Å². The zero-order valence-corrected chi connectivity index (χ0v) is 10.5. The van der Waals surface area contributed by atoms with Gasteiger partial charge in [0.25, 0.3) is 0 Å². The van der Waals surface area contributed by atoms with Crippen LogP contribution >= 0.6 is 0 Å². The van der Waals surface area contributed by atoms with E-state index in [1.165, 1.54) is 32.0 Å². The predicted octanol–water partition coefficient (Wildman–Crippen LogP) is 2.20. The minimum Gasteiger partial charge on any atom is -0.379 e. The molecular weight excluding hydrogens is 261 g/mol. The van der Waals surface area contributed by atoms with Crippen LogP contribution in [0.3, 0.4) is 0 Å². The second-order valence-electron chi connectivity index (χ2n) is 3.65. The standard InChI is InChI=1S/C11H10FNO4S/c1-7-11(8(2)16-13-7)18(14,15)17-10-5-3-4-9(12)6-10/h3-6H,1-2H3. The highest BCUT2D eigenvalue weighted by atomic mass is 32.2. The van der Waals surface area contributed by atoms with Crippen molar-refractivity contribution in [1.82, 2.24) is 5.16 Å². The molecule has 96 valence electrons. The molecule has 0 atom stereocenters. The van der Waals surface area contributed by atoms with Crippen LogP contribution in [-0.4, -0.2) is 13.6 Å². The maximum absolute atomic E-state index is 12.9. The number of nitrogens with zero attached hydrogens (tertiary/aromatic N) is 1. The minimum atomic E-state index is -4.07. The largest absolute Gasteiger partial charge is 0.379 e. The van der Waals surface area contributed by atoms with Gasteiger partial charge < -0.3 is 8.71 Å². The lowest BCUT2D eigenvalue weighted by Crippen LogP contribution is -2.11. The summed E-state index contributed by atoms with van der Waals surface area (Å²) in [5.41, 5.74) is 0.198. The predicted molar refractivity (Wildman–Crippen MR) is 60.2 cm³/mol. The number of hydrogen-bond donors (Lipinski definition) is 0. The number of halogens is 1. The Morgan fingerprint density at radius 1 is 1.33 bits per heavy atom. The van der Waals surface area contributed by atoms with Crippen molar-refractivity contribution in [2.24, 2.45) is 0 Å². The quantitative estimate of drug-likeness (QED) is 0.800. The Hall–Kier alpha value is -1.89. The number of rotatable bonds is 3. The highest BCUT2D eigenvalue weighted by Crippen LogP contribution is 2.24. The van der Waals surface area contributed by atoms with Gasteiger partial charge in [-0.25, -0.2) is 4.39 Å². The average molecular weight is 271 g/mol. The van der Waals surface area contributed by atoms with Gasteiger partial charge in [0.2, 0.25) is 0 Å². The van der Waals surface area contributed by atoms with Gasteiger partial charge in [0.15, 0.2) is 10.7 Å². The first-order chi connectivity index (χ1) is 8.40. The highest BCUT2D eigenvalue weighted by molar-refractivity contribution is 7.87. The zero-order valence-electron chi connectivity index (χ0n) is 9.68. The van der Waals surface area contributed by atoms with Gasteiger partial charge in [0, 0.05) is 6.07 Å². The molecule has 1 heterocycles. The summed E-state index contributed by atoms with van der Waals surface area (Å²) in [4.78, 5) is -0.133. The molecule has 0 bridgehead atoms. The molecule has 7 heteroatoms. The summed E-state index contributed by atoms with van der Waals surface area (Å²) < 4.78 is 46.5. The van der Waals surface area contributed by atoms with Crippen molar-refractivity contribution in [2.75, 3.05) is 0 Å². The van der Waals surface area contributed by atoms with Crippen LogP contribution < -0.4 is 4.18 Å². The Balaban J connectivity index is 2.39. The summed E-state index contributed by atoms with van der Waals surface area (Å²) in [6, 6.07) is 4.87. The van der Waals surface area contributed by atoms with E-state index >= 15 is 0 Å². The lowest BCUT2D eigenvalue weighted by molar-refractivity contribution is 0.389. The molecule has 1 aromatic heterocycles. The summed E-state index contributed by atoms with van der Waals surface area (Å²) >= 11 is 0. The number of benzene rings is 1. The van der Waals surface area contributed by atoms with E-state index < -0.39 is 15.9 Å². The molecule has 0 N–H and O–H groups in total. The van der Waals surface area contributed by atoms with E-state index in [2.05, 4.69) is 5.16 Å². The summed E-state index contributed by atoms with van der Waals surface area (Å²) in [7, 11) is -4.07. The zero-order chi connectivity index (χ0) is 13.3. The smallest absolute Gasteiger partial charge is 0.344 e. The third-order valence-electron chi connectivity index (χ3n) is 2.22. The van der Waals surface area contributed by atoms with Crippen LogP contribution in [0.1, 0.15) is 11.5 Å². The first kappa shape index (κ1) is 12.6. The van der Waals surface area contributed by atoms with Gasteiger partial charge in [-0.15, -0.1) is 0 Å². The van der Waals surface area contributed by atoms with Crippen molar-refractivity contribution in [3.63, 3.8) is 0 Å². The van der Waals surface area contributed by atoms with E-state index in [-0.39, 0.29) is 22.1 Å². The minimum absolute atomic E-state index is 0.102. The van der Waals surface area contributed by atoms with Crippen LogP contribution in [0.5, 0.6) is 5.75 Å². The maximum Gasteiger partial charge on any atom is 0.344 e. The van der Waals surface area contributed by atoms with E-state index in [0.29, 0.717) is 0 Å². The lowest BCUT2D eigenvalue weighted by atomic mass is 10.3. The molecule has 0 saturated carbocycles. The second kappa shape index (κ2) is 4.41. The van der Waals surface area contributed by atoms with Gasteiger partial charge in [-0.1, -0.05) is 11.2 Å². The molecule has 0 spiro atoms. The van der Waals surface area contributed by atoms with E-state index in [4.69, 9.17) is 8.71 Å². The van der Waals surface area contributed by atoms with Crippen LogP contribution in [0, 0.1) is 19.7 Å². The SMILES string of the molecule is Cc1noc(C)c1S(=O)(=O)Oc1cccc(F)c1. The molecule has 0 unspecified atom stereocenters. The highest BCUT2D eigenvalue weighted by Gasteiger charge is 2.26. The molecule has 0 aliphatic heterocycles. The monoisotopic (exact) mass is 271 g/mol. The Labute approximate surface area is 103 Å². The van der Waals surface area contributed by atoms with Gasteiger partial charge >= 0.3 is 10.1 Å². The van der Waals surface area contributed by atoms with Gasteiger partial charge in [0.05, 0.1) is 0 Å². The first-order valence-corrected chi connectivity index (χ1v) is 6.44. The summed E-state index contributed by atoms with van der Waals surface area (Å²) in [5.74, 6) is -0.555. The topological polar surface area (TPSA) is 69.4 Å². The van der Waals surface area contributed by atoms with Gasteiger partial charge in [-0.05, 0) is 26.0 Å². The van der Waals surface area contributed by atoms with Crippen LogP contribution in [0.15, 0.2) is 33.7 Å². The Morgan fingerprint density at radius 3 is 2.61 bits per heavy atom. The lowest BCUT2D eigenvalue weighted by Gasteiger charge is -2.06. The van der Waals surface area contributed by atoms with E-state index in [0.717, 1.165) is 6.07 Å². The molecule has 0 radical (unpaired) electrons. The van der Waals surface area contributed by atoms with E-state index in [1.807, 2.05) is 0 Å². The Bertz CT molecular complexity index is 659. The van der Waals surface area contributed by atoms with Crippen molar-refractivity contribution in [3.05, 3.63) is 41.5 Å². The number of aryl methyl sites for hydroxylation is 2. The number of aromatic nitrogens is 1. The van der Waals surface area contributed by atoms with Gasteiger partial charge in [0.1, 0.15) is 17.3 Å². The Morgan fingerprint density at radius 2 is 2.06 bits per heavy atom. The summed E-state index contributed by atoms with van der Waals surface area (Å²) in [6.07, 6.45) is 0. The fraction of sp³-hybridized carbons (Fsp3) is 0.182. The maximum atomic E-state index is 12.9. The molecule has 2 aromatic rings. The van der Waals surface area contributed by atoms with Gasteiger partial charge in [-0.2, -0.15) is 8.42 Å². The third kappa shape index (κ3) is 2.35. The molecule has 0 aliphatic carbocycles. The molecule has 5 nitrogen and oxygen atoms in total. The molecule has 0 fully saturated rings. The fourth-order valence-electron chi connectivity index (χ4n) is 1.52. The molecule has 1 aromatic carbocycles. The first-order valence-electron chi connectivity index (χ1n) is 5.03. The summed E-state index contributed by atoms with van der Waals surface area (Å²) in [6.45, 7) is 2.94. The van der Waals surface area contributed by atoms with Crippen molar-refractivity contribution in [3.8, 4) is 5.75 Å². The molecule has 0 aliphatic rings. The second-order valence-corrected chi connectivity index (χ2v) is 5.13.